The van der Waals surface area contributed by atoms with Gasteiger partial charge in [-0.05, 0) is 24.3 Å². The van der Waals surface area contributed by atoms with Crippen LogP contribution in [-0.2, 0) is 16.1 Å². The number of phenols is 1. The van der Waals surface area contributed by atoms with Crippen LogP contribution in [0.1, 0.15) is 15.9 Å². The summed E-state index contributed by atoms with van der Waals surface area (Å²) in [6.45, 7) is -1.06. The number of carbonyl (C=O) groups is 1. The van der Waals surface area contributed by atoms with Crippen LogP contribution in [0.3, 0.4) is 0 Å². The van der Waals surface area contributed by atoms with Crippen LogP contribution >= 0.6 is 0 Å². The highest BCUT2D eigenvalue weighted by Crippen LogP contribution is 2.33. The first-order valence-corrected chi connectivity index (χ1v) is 9.98. The van der Waals surface area contributed by atoms with Crippen LogP contribution in [0.15, 0.2) is 36.4 Å². The Morgan fingerprint density at radius 1 is 0.939 bits per heavy atom. The number of aromatic hydroxyl groups is 1. The lowest BCUT2D eigenvalue weighted by Gasteiger charge is -2.39. The number of methoxy groups -OCH3 is 2. The fourth-order valence-electron chi connectivity index (χ4n) is 3.36. The Morgan fingerprint density at radius 2 is 1.55 bits per heavy atom. The third-order valence-corrected chi connectivity index (χ3v) is 5.18. The molecule has 0 bridgehead atoms. The van der Waals surface area contributed by atoms with E-state index in [1.807, 2.05) is 0 Å². The van der Waals surface area contributed by atoms with Crippen molar-refractivity contribution in [2.45, 2.75) is 37.3 Å². The monoisotopic (exact) mass is 466 g/mol. The summed E-state index contributed by atoms with van der Waals surface area (Å²) >= 11 is 0. The molecule has 33 heavy (non-hydrogen) atoms. The van der Waals surface area contributed by atoms with Gasteiger partial charge in [0.15, 0.2) is 0 Å². The fourth-order valence-corrected chi connectivity index (χ4v) is 3.36. The molecule has 1 fully saturated rings. The van der Waals surface area contributed by atoms with E-state index in [0.717, 1.165) is 0 Å². The van der Waals surface area contributed by atoms with E-state index in [0.29, 0.717) is 0 Å². The second-order valence-corrected chi connectivity index (χ2v) is 7.18. The number of ether oxygens (including phenoxy) is 5. The van der Waals surface area contributed by atoms with Gasteiger partial charge >= 0.3 is 5.97 Å². The summed E-state index contributed by atoms with van der Waals surface area (Å²) in [5.41, 5.74) is 0.103. The van der Waals surface area contributed by atoms with E-state index in [9.17, 15) is 30.3 Å². The third kappa shape index (κ3) is 5.13. The first kappa shape index (κ1) is 24.6. The second-order valence-electron chi connectivity index (χ2n) is 7.18. The van der Waals surface area contributed by atoms with E-state index in [1.54, 1.807) is 18.2 Å². The number of carbonyl (C=O) groups excluding carboxylic acids is 1. The molecule has 180 valence electrons. The van der Waals surface area contributed by atoms with Crippen LogP contribution in [0.4, 0.5) is 0 Å². The van der Waals surface area contributed by atoms with E-state index >= 15 is 0 Å². The van der Waals surface area contributed by atoms with Gasteiger partial charge in [-0.2, -0.15) is 0 Å². The number of phenolic OH excluding ortho intramolecular Hbond substituents is 1. The molecule has 5 N–H and O–H groups in total. The third-order valence-electron chi connectivity index (χ3n) is 5.18. The van der Waals surface area contributed by atoms with Crippen molar-refractivity contribution in [3.8, 4) is 23.0 Å². The minimum absolute atomic E-state index is 0.0147. The summed E-state index contributed by atoms with van der Waals surface area (Å²) in [6, 6.07) is 8.98. The van der Waals surface area contributed by atoms with Crippen molar-refractivity contribution in [3.63, 3.8) is 0 Å². The van der Waals surface area contributed by atoms with Crippen molar-refractivity contribution in [1.82, 2.24) is 0 Å². The summed E-state index contributed by atoms with van der Waals surface area (Å²) in [7, 11) is 2.78. The molecule has 11 nitrogen and oxygen atoms in total. The van der Waals surface area contributed by atoms with Gasteiger partial charge in [0.05, 0.1) is 26.4 Å². The molecular formula is C22H26O11. The fraction of sp³-hybridized carbons (Fsp3) is 0.409. The number of benzene rings is 2. The average molecular weight is 466 g/mol. The van der Waals surface area contributed by atoms with Gasteiger partial charge in [-0.1, -0.05) is 12.1 Å². The van der Waals surface area contributed by atoms with Gasteiger partial charge < -0.3 is 49.2 Å². The van der Waals surface area contributed by atoms with Gasteiger partial charge in [-0.15, -0.1) is 0 Å². The summed E-state index contributed by atoms with van der Waals surface area (Å²) < 4.78 is 26.7. The lowest BCUT2D eigenvalue weighted by Crippen LogP contribution is -2.60. The van der Waals surface area contributed by atoms with Crippen molar-refractivity contribution < 1.29 is 54.0 Å². The summed E-state index contributed by atoms with van der Waals surface area (Å²) in [6.07, 6.45) is -7.50. The van der Waals surface area contributed by atoms with Gasteiger partial charge in [0.1, 0.15) is 59.6 Å². The number of hydrogen-bond donors (Lipinski definition) is 5. The minimum atomic E-state index is -1.65. The molecule has 0 saturated carbocycles. The molecule has 1 saturated heterocycles. The second kappa shape index (κ2) is 10.7. The molecule has 2 aromatic carbocycles. The van der Waals surface area contributed by atoms with E-state index in [1.165, 1.54) is 32.4 Å². The Kier molecular flexibility index (Phi) is 7.95. The Labute approximate surface area is 189 Å². The SMILES string of the molecule is COc1cccc(OC)c1C(=O)OCc1c(O)cccc1O[C@@H]1O[C@H](CO)[C@@H](O)[C@H](O)[C@H]1O. The molecule has 0 amide bonds. The Morgan fingerprint density at radius 3 is 2.15 bits per heavy atom. The molecule has 0 spiro atoms. The normalized spacial score (nSPS) is 24.7. The zero-order chi connectivity index (χ0) is 24.1. The predicted molar refractivity (Wildman–Crippen MR) is 111 cm³/mol. The van der Waals surface area contributed by atoms with Crippen molar-refractivity contribution >= 4 is 5.97 Å². The zero-order valence-electron chi connectivity index (χ0n) is 18.0. The molecule has 0 radical (unpaired) electrons. The Balaban J connectivity index is 1.80. The van der Waals surface area contributed by atoms with E-state index in [4.69, 9.17) is 23.7 Å². The first-order chi connectivity index (χ1) is 15.8. The van der Waals surface area contributed by atoms with Crippen LogP contribution in [0.5, 0.6) is 23.0 Å². The molecular weight excluding hydrogens is 440 g/mol. The van der Waals surface area contributed by atoms with Gasteiger partial charge in [0.25, 0.3) is 0 Å². The van der Waals surface area contributed by atoms with Crippen molar-refractivity contribution in [2.24, 2.45) is 0 Å². The van der Waals surface area contributed by atoms with Crippen molar-refractivity contribution in [1.29, 1.82) is 0 Å². The maximum atomic E-state index is 12.7. The topological polar surface area (TPSA) is 164 Å². The van der Waals surface area contributed by atoms with Gasteiger partial charge in [-0.3, -0.25) is 0 Å². The van der Waals surface area contributed by atoms with Crippen LogP contribution in [0.2, 0.25) is 0 Å². The molecule has 1 aliphatic heterocycles. The Bertz CT molecular complexity index is 939. The smallest absolute Gasteiger partial charge is 0.346 e. The maximum absolute atomic E-state index is 12.7. The lowest BCUT2D eigenvalue weighted by atomic mass is 9.99. The summed E-state index contributed by atoms with van der Waals surface area (Å²) in [4.78, 5) is 12.7. The number of esters is 1. The van der Waals surface area contributed by atoms with E-state index in [2.05, 4.69) is 0 Å². The number of aliphatic hydroxyl groups is 4. The molecule has 3 rings (SSSR count). The van der Waals surface area contributed by atoms with Crippen molar-refractivity contribution in [3.05, 3.63) is 47.5 Å². The molecule has 2 aromatic rings. The predicted octanol–water partition coefficient (Wildman–Crippen LogP) is -0.0549. The number of aliphatic hydroxyl groups excluding tert-OH is 4. The number of rotatable bonds is 8. The van der Waals surface area contributed by atoms with Crippen LogP contribution in [-0.4, -0.2) is 83.0 Å². The van der Waals surface area contributed by atoms with E-state index < -0.39 is 49.9 Å². The summed E-state index contributed by atoms with van der Waals surface area (Å²) in [5, 5.41) is 49.7. The average Bonchev–Trinajstić information content (AvgIpc) is 2.83. The molecule has 0 aromatic heterocycles. The quantitative estimate of drug-likeness (QED) is 0.331. The van der Waals surface area contributed by atoms with Crippen LogP contribution < -0.4 is 14.2 Å². The van der Waals surface area contributed by atoms with Crippen LogP contribution in [0.25, 0.3) is 0 Å². The van der Waals surface area contributed by atoms with Crippen LogP contribution in [0, 0.1) is 0 Å². The Hall–Kier alpha value is -3.09. The molecule has 0 unspecified atom stereocenters. The highest BCUT2D eigenvalue weighted by Gasteiger charge is 2.45. The van der Waals surface area contributed by atoms with Gasteiger partial charge in [0.2, 0.25) is 6.29 Å². The van der Waals surface area contributed by atoms with Gasteiger partial charge in [0, 0.05) is 0 Å². The largest absolute Gasteiger partial charge is 0.507 e. The molecule has 11 heteroatoms. The number of hydrogen-bond acceptors (Lipinski definition) is 11. The molecule has 1 heterocycles. The first-order valence-electron chi connectivity index (χ1n) is 9.98. The lowest BCUT2D eigenvalue weighted by molar-refractivity contribution is -0.277. The summed E-state index contributed by atoms with van der Waals surface area (Å²) in [5.74, 6) is -0.605. The van der Waals surface area contributed by atoms with Crippen molar-refractivity contribution in [2.75, 3.05) is 20.8 Å². The highest BCUT2D eigenvalue weighted by atomic mass is 16.7. The maximum Gasteiger partial charge on any atom is 0.346 e. The molecule has 0 aliphatic carbocycles. The van der Waals surface area contributed by atoms with Gasteiger partial charge in [-0.25, -0.2) is 4.79 Å². The van der Waals surface area contributed by atoms with E-state index in [-0.39, 0.29) is 34.1 Å². The molecule has 5 atom stereocenters. The standard InChI is InChI=1S/C22H26O11/c1-29-14-7-4-8-15(30-2)17(14)21(28)31-10-11-12(24)5-3-6-13(11)32-22-20(27)19(26)18(25)16(9-23)33-22/h3-8,16,18-20,22-27H,9-10H2,1-2H3/t16-,18-,19+,20-,22-/m1/s1. The molecule has 1 aliphatic rings. The zero-order valence-corrected chi connectivity index (χ0v) is 18.0. The minimum Gasteiger partial charge on any atom is -0.507 e. The highest BCUT2D eigenvalue weighted by molar-refractivity contribution is 5.95.